The minimum Gasteiger partial charge on any atom is -0.486 e. The molecule has 1 amide bonds. The van der Waals surface area contributed by atoms with E-state index in [1.807, 2.05) is 18.2 Å². The van der Waals surface area contributed by atoms with Crippen LogP contribution in [0.15, 0.2) is 30.3 Å². The van der Waals surface area contributed by atoms with E-state index in [1.165, 1.54) is 0 Å². The van der Waals surface area contributed by atoms with Gasteiger partial charge in [0.25, 0.3) is 5.91 Å². The van der Waals surface area contributed by atoms with Crippen molar-refractivity contribution in [3.05, 3.63) is 35.9 Å². The van der Waals surface area contributed by atoms with Gasteiger partial charge in [0.05, 0.1) is 5.56 Å². The molecule has 2 heterocycles. The van der Waals surface area contributed by atoms with Crippen LogP contribution in [-0.2, 0) is 0 Å². The van der Waals surface area contributed by atoms with Crippen LogP contribution < -0.4 is 31.6 Å². The zero-order valence-electron chi connectivity index (χ0n) is 15.6. The Balaban J connectivity index is 1.58. The van der Waals surface area contributed by atoms with Crippen LogP contribution in [0.4, 0.5) is 17.3 Å². The van der Waals surface area contributed by atoms with Gasteiger partial charge in [0.15, 0.2) is 11.5 Å². The van der Waals surface area contributed by atoms with Crippen LogP contribution in [-0.4, -0.2) is 36.2 Å². The molecular weight excluding hydrogens is 358 g/mol. The molecule has 1 aromatic heterocycles. The van der Waals surface area contributed by atoms with Crippen molar-refractivity contribution in [1.29, 1.82) is 0 Å². The lowest BCUT2D eigenvalue weighted by Gasteiger charge is -2.29. The molecule has 1 saturated carbocycles. The lowest BCUT2D eigenvalue weighted by atomic mass is 9.91. The Morgan fingerprint density at radius 3 is 2.64 bits per heavy atom. The third-order valence-electron chi connectivity index (χ3n) is 5.12. The molecule has 2 atom stereocenters. The van der Waals surface area contributed by atoms with Crippen LogP contribution >= 0.6 is 0 Å². The Labute approximate surface area is 163 Å². The van der Waals surface area contributed by atoms with Crippen LogP contribution in [0.3, 0.4) is 0 Å². The number of carbonyl (C=O) groups excluding carboxylic acids is 1. The molecular formula is C20H25N5O3. The molecule has 148 valence electrons. The van der Waals surface area contributed by atoms with Crippen LogP contribution in [0.1, 0.15) is 36.0 Å². The molecule has 6 N–H and O–H groups in total. The second kappa shape index (κ2) is 7.93. The lowest BCUT2D eigenvalue weighted by Crippen LogP contribution is -2.42. The fourth-order valence-corrected chi connectivity index (χ4v) is 3.62. The van der Waals surface area contributed by atoms with E-state index in [0.29, 0.717) is 41.9 Å². The number of aromatic nitrogens is 1. The van der Waals surface area contributed by atoms with Crippen molar-refractivity contribution in [3.8, 4) is 11.5 Å². The number of carbonyl (C=O) groups is 1. The van der Waals surface area contributed by atoms with Crippen molar-refractivity contribution in [2.45, 2.75) is 37.8 Å². The smallest absolute Gasteiger partial charge is 0.252 e. The summed E-state index contributed by atoms with van der Waals surface area (Å²) in [5, 5.41) is 6.57. The number of fused-ring (bicyclic) bond motifs is 1. The summed E-state index contributed by atoms with van der Waals surface area (Å²) < 4.78 is 11.2. The molecule has 0 saturated heterocycles. The summed E-state index contributed by atoms with van der Waals surface area (Å²) in [6, 6.07) is 9.19. The van der Waals surface area contributed by atoms with Gasteiger partial charge in [-0.1, -0.05) is 12.8 Å². The van der Waals surface area contributed by atoms with Gasteiger partial charge in [0.2, 0.25) is 0 Å². The molecule has 28 heavy (non-hydrogen) atoms. The van der Waals surface area contributed by atoms with Crippen molar-refractivity contribution in [2.75, 3.05) is 23.8 Å². The first-order chi connectivity index (χ1) is 13.6. The van der Waals surface area contributed by atoms with Gasteiger partial charge >= 0.3 is 0 Å². The lowest BCUT2D eigenvalue weighted by molar-refractivity contribution is 0.100. The van der Waals surface area contributed by atoms with Gasteiger partial charge in [-0.2, -0.15) is 0 Å². The maximum Gasteiger partial charge on any atom is 0.252 e. The van der Waals surface area contributed by atoms with Gasteiger partial charge in [0, 0.05) is 23.8 Å². The Bertz CT molecular complexity index is 873. The first-order valence-corrected chi connectivity index (χ1v) is 9.60. The summed E-state index contributed by atoms with van der Waals surface area (Å²) in [5.74, 6) is 1.85. The third kappa shape index (κ3) is 3.96. The molecule has 4 rings (SSSR count). The number of ether oxygens (including phenoxy) is 2. The topological polar surface area (TPSA) is 125 Å². The van der Waals surface area contributed by atoms with E-state index in [-0.39, 0.29) is 12.1 Å². The number of pyridine rings is 1. The van der Waals surface area contributed by atoms with Gasteiger partial charge < -0.3 is 31.6 Å². The minimum atomic E-state index is -0.548. The van der Waals surface area contributed by atoms with Gasteiger partial charge in [0.1, 0.15) is 24.8 Å². The number of anilines is 3. The van der Waals surface area contributed by atoms with Crippen LogP contribution in [0.2, 0.25) is 0 Å². The predicted octanol–water partition coefficient (Wildman–Crippen LogP) is 2.38. The number of hydrogen-bond acceptors (Lipinski definition) is 7. The summed E-state index contributed by atoms with van der Waals surface area (Å²) in [5.41, 5.74) is 12.8. The molecule has 2 aliphatic rings. The second-order valence-electron chi connectivity index (χ2n) is 7.14. The number of primary amides is 1. The first kappa shape index (κ1) is 18.4. The number of nitrogens with one attached hydrogen (secondary N) is 2. The van der Waals surface area contributed by atoms with E-state index in [1.54, 1.807) is 12.1 Å². The number of rotatable bonds is 5. The summed E-state index contributed by atoms with van der Waals surface area (Å²) in [4.78, 5) is 16.4. The molecule has 8 nitrogen and oxygen atoms in total. The van der Waals surface area contributed by atoms with E-state index < -0.39 is 5.91 Å². The number of nitrogens with zero attached hydrogens (tertiary/aromatic N) is 1. The highest BCUT2D eigenvalue weighted by Crippen LogP contribution is 2.34. The highest BCUT2D eigenvalue weighted by Gasteiger charge is 2.22. The fraction of sp³-hybridized carbons (Fsp3) is 0.400. The molecule has 1 fully saturated rings. The molecule has 1 aliphatic heterocycles. The summed E-state index contributed by atoms with van der Waals surface area (Å²) in [6.07, 6.45) is 4.31. The van der Waals surface area contributed by atoms with Gasteiger partial charge in [-0.25, -0.2) is 4.98 Å². The predicted molar refractivity (Wildman–Crippen MR) is 107 cm³/mol. The molecule has 1 aromatic carbocycles. The van der Waals surface area contributed by atoms with E-state index >= 15 is 0 Å². The monoisotopic (exact) mass is 383 g/mol. The van der Waals surface area contributed by atoms with Gasteiger partial charge in [-0.15, -0.1) is 0 Å². The standard InChI is InChI=1S/C20H25N5O3/c21-14-3-1-2-4-15(14)24-18-8-6-13(19(22)26)20(25-18)23-12-5-7-16-17(11-12)28-10-9-27-16/h5-8,11,14-15H,1-4,9-10,21H2,(H2,22,26)(H2,23,24,25)/t14-,15+/m0/s1. The van der Waals surface area contributed by atoms with Crippen LogP contribution in [0, 0.1) is 0 Å². The second-order valence-corrected chi connectivity index (χ2v) is 7.14. The van der Waals surface area contributed by atoms with E-state index in [0.717, 1.165) is 31.4 Å². The number of nitrogens with two attached hydrogens (primary N) is 2. The quantitative estimate of drug-likeness (QED) is 0.625. The van der Waals surface area contributed by atoms with Crippen molar-refractivity contribution < 1.29 is 14.3 Å². The summed E-state index contributed by atoms with van der Waals surface area (Å²) in [7, 11) is 0. The summed E-state index contributed by atoms with van der Waals surface area (Å²) in [6.45, 7) is 1.03. The number of benzene rings is 1. The Kier molecular flexibility index (Phi) is 5.21. The molecule has 0 bridgehead atoms. The fourth-order valence-electron chi connectivity index (χ4n) is 3.62. The highest BCUT2D eigenvalue weighted by molar-refractivity contribution is 5.98. The Morgan fingerprint density at radius 1 is 1.07 bits per heavy atom. The van der Waals surface area contributed by atoms with Crippen LogP contribution in [0.25, 0.3) is 0 Å². The number of amides is 1. The zero-order valence-corrected chi connectivity index (χ0v) is 15.6. The zero-order chi connectivity index (χ0) is 19.5. The van der Waals surface area contributed by atoms with E-state index in [4.69, 9.17) is 20.9 Å². The molecule has 8 heteroatoms. The average molecular weight is 383 g/mol. The van der Waals surface area contributed by atoms with Gasteiger partial charge in [-0.05, 0) is 37.1 Å². The van der Waals surface area contributed by atoms with Crippen molar-refractivity contribution >= 4 is 23.2 Å². The van der Waals surface area contributed by atoms with Crippen molar-refractivity contribution in [2.24, 2.45) is 11.5 Å². The number of hydrogen-bond donors (Lipinski definition) is 4. The third-order valence-corrected chi connectivity index (χ3v) is 5.12. The maximum absolute atomic E-state index is 11.9. The Hall–Kier alpha value is -3.00. The maximum atomic E-state index is 11.9. The minimum absolute atomic E-state index is 0.0978. The largest absolute Gasteiger partial charge is 0.486 e. The molecule has 0 spiro atoms. The normalized spacial score (nSPS) is 21.0. The highest BCUT2D eigenvalue weighted by atomic mass is 16.6. The Morgan fingerprint density at radius 2 is 1.86 bits per heavy atom. The van der Waals surface area contributed by atoms with Gasteiger partial charge in [-0.3, -0.25) is 4.79 Å². The molecule has 1 aliphatic carbocycles. The average Bonchev–Trinajstić information content (AvgIpc) is 2.70. The van der Waals surface area contributed by atoms with E-state index in [9.17, 15) is 4.79 Å². The molecule has 2 aromatic rings. The summed E-state index contributed by atoms with van der Waals surface area (Å²) >= 11 is 0. The molecule has 0 unspecified atom stereocenters. The van der Waals surface area contributed by atoms with E-state index in [2.05, 4.69) is 15.6 Å². The van der Waals surface area contributed by atoms with Crippen LogP contribution in [0.5, 0.6) is 11.5 Å². The van der Waals surface area contributed by atoms with Crippen molar-refractivity contribution in [3.63, 3.8) is 0 Å². The SMILES string of the molecule is NC(=O)c1ccc(N[C@@H]2CCCC[C@@H]2N)nc1Nc1ccc2c(c1)OCCO2. The first-order valence-electron chi connectivity index (χ1n) is 9.60. The molecule has 0 radical (unpaired) electrons. The van der Waals surface area contributed by atoms with Crippen molar-refractivity contribution in [1.82, 2.24) is 4.98 Å².